The van der Waals surface area contributed by atoms with Gasteiger partial charge >= 0.3 is 0 Å². The van der Waals surface area contributed by atoms with Crippen LogP contribution in [0.15, 0.2) is 53.1 Å². The Balaban J connectivity index is 2.13. The van der Waals surface area contributed by atoms with Gasteiger partial charge in [-0.25, -0.2) is 4.99 Å². The van der Waals surface area contributed by atoms with E-state index in [-0.39, 0.29) is 11.9 Å². The summed E-state index contributed by atoms with van der Waals surface area (Å²) in [5.41, 5.74) is 2.77. The molecule has 0 saturated heterocycles. The molecule has 18 heavy (non-hydrogen) atoms. The second-order valence-corrected chi connectivity index (χ2v) is 4.18. The number of para-hydroxylation sites is 1. The highest BCUT2D eigenvalue weighted by atomic mass is 16.5. The first-order valence-electron chi connectivity index (χ1n) is 6.04. The molecule has 0 aromatic heterocycles. The van der Waals surface area contributed by atoms with Crippen LogP contribution in [0.25, 0.3) is 0 Å². The fraction of sp³-hybridized carbons (Fsp3) is 0.200. The van der Waals surface area contributed by atoms with Crippen LogP contribution in [0.2, 0.25) is 0 Å². The third-order valence-electron chi connectivity index (χ3n) is 3.07. The molecule has 1 aliphatic carbocycles. The molecule has 1 atom stereocenters. The number of nitrogens with zero attached hydrogens (tertiary/aromatic N) is 1. The topological polar surface area (TPSA) is 38.7 Å². The van der Waals surface area contributed by atoms with Gasteiger partial charge in [-0.15, -0.1) is 0 Å². The highest BCUT2D eigenvalue weighted by molar-refractivity contribution is 6.33. The van der Waals surface area contributed by atoms with E-state index < -0.39 is 0 Å². The molecule has 1 aromatic carbocycles. The van der Waals surface area contributed by atoms with Gasteiger partial charge in [-0.1, -0.05) is 18.2 Å². The molecule has 0 fully saturated rings. The number of carbonyl (C=O) groups excluding carboxylic acids is 1. The third kappa shape index (κ3) is 1.64. The lowest BCUT2D eigenvalue weighted by Gasteiger charge is -2.24. The van der Waals surface area contributed by atoms with Gasteiger partial charge in [0.05, 0.1) is 11.4 Å². The predicted octanol–water partition coefficient (Wildman–Crippen LogP) is 2.86. The van der Waals surface area contributed by atoms with Crippen LogP contribution in [0, 0.1) is 0 Å². The van der Waals surface area contributed by atoms with Crippen LogP contribution in [0.5, 0.6) is 0 Å². The lowest BCUT2D eigenvalue weighted by atomic mass is 9.89. The van der Waals surface area contributed by atoms with E-state index in [0.29, 0.717) is 17.7 Å². The Hall–Kier alpha value is -2.00. The summed E-state index contributed by atoms with van der Waals surface area (Å²) >= 11 is 0. The highest BCUT2D eigenvalue weighted by Gasteiger charge is 2.30. The Morgan fingerprint density at radius 2 is 2.17 bits per heavy atom. The van der Waals surface area contributed by atoms with Crippen molar-refractivity contribution in [3.63, 3.8) is 0 Å². The van der Waals surface area contributed by atoms with Gasteiger partial charge in [-0.05, 0) is 31.2 Å². The molecular formula is C15H13NO2. The van der Waals surface area contributed by atoms with E-state index in [2.05, 4.69) is 4.99 Å². The highest BCUT2D eigenvalue weighted by Crippen LogP contribution is 2.31. The molecule has 2 aliphatic rings. The SMILES string of the molecule is CCOC1C=CC=C2C(=O)c3ccccc3N=C21. The Bertz CT molecular complexity index is 596. The Morgan fingerprint density at radius 3 is 3.00 bits per heavy atom. The van der Waals surface area contributed by atoms with Crippen LogP contribution in [-0.2, 0) is 4.74 Å². The van der Waals surface area contributed by atoms with E-state index in [4.69, 9.17) is 4.74 Å². The summed E-state index contributed by atoms with van der Waals surface area (Å²) in [6.45, 7) is 2.53. The first-order chi connectivity index (χ1) is 8.81. The van der Waals surface area contributed by atoms with Gasteiger partial charge in [-0.2, -0.15) is 0 Å². The lowest BCUT2D eigenvalue weighted by Crippen LogP contribution is -2.31. The smallest absolute Gasteiger partial charge is 0.197 e. The van der Waals surface area contributed by atoms with Crippen LogP contribution in [0.4, 0.5) is 5.69 Å². The summed E-state index contributed by atoms with van der Waals surface area (Å²) in [6, 6.07) is 7.42. The van der Waals surface area contributed by atoms with Crippen LogP contribution < -0.4 is 0 Å². The molecule has 3 nitrogen and oxygen atoms in total. The number of hydrogen-bond donors (Lipinski definition) is 0. The molecule has 1 aromatic rings. The molecule has 0 radical (unpaired) electrons. The zero-order valence-electron chi connectivity index (χ0n) is 10.1. The molecule has 1 heterocycles. The van der Waals surface area contributed by atoms with Crippen molar-refractivity contribution in [2.75, 3.05) is 6.61 Å². The van der Waals surface area contributed by atoms with Gasteiger partial charge in [0.2, 0.25) is 0 Å². The Morgan fingerprint density at radius 1 is 1.33 bits per heavy atom. The number of fused-ring (bicyclic) bond motifs is 2. The predicted molar refractivity (Wildman–Crippen MR) is 70.5 cm³/mol. The molecule has 0 saturated carbocycles. The van der Waals surface area contributed by atoms with E-state index in [9.17, 15) is 4.79 Å². The second-order valence-electron chi connectivity index (χ2n) is 4.18. The second kappa shape index (κ2) is 4.35. The van der Waals surface area contributed by atoms with Crippen molar-refractivity contribution in [2.45, 2.75) is 13.0 Å². The first-order valence-corrected chi connectivity index (χ1v) is 6.04. The van der Waals surface area contributed by atoms with Crippen molar-refractivity contribution in [1.82, 2.24) is 0 Å². The number of allylic oxidation sites excluding steroid dienone is 2. The minimum atomic E-state index is -0.215. The van der Waals surface area contributed by atoms with Gasteiger partial charge in [0.25, 0.3) is 0 Å². The molecule has 0 N–H and O–H groups in total. The van der Waals surface area contributed by atoms with Crippen LogP contribution >= 0.6 is 0 Å². The summed E-state index contributed by atoms with van der Waals surface area (Å²) in [6.07, 6.45) is 5.38. The molecule has 0 spiro atoms. The molecule has 0 bridgehead atoms. The molecule has 0 amide bonds. The summed E-state index contributed by atoms with van der Waals surface area (Å²) < 4.78 is 5.60. The van der Waals surface area contributed by atoms with Crippen molar-refractivity contribution < 1.29 is 9.53 Å². The lowest BCUT2D eigenvalue weighted by molar-refractivity contribution is 0.103. The quantitative estimate of drug-likeness (QED) is 0.796. The number of aliphatic imine (C=N–C) groups is 1. The molecule has 3 rings (SSSR count). The van der Waals surface area contributed by atoms with E-state index in [1.54, 1.807) is 0 Å². The van der Waals surface area contributed by atoms with Crippen LogP contribution in [-0.4, -0.2) is 24.2 Å². The number of carbonyl (C=O) groups is 1. The number of rotatable bonds is 2. The van der Waals surface area contributed by atoms with Crippen molar-refractivity contribution in [2.24, 2.45) is 4.99 Å². The van der Waals surface area contributed by atoms with Crippen LogP contribution in [0.1, 0.15) is 17.3 Å². The standard InChI is InChI=1S/C15H13NO2/c1-2-18-13-9-5-7-11-14(13)16-12-8-4-3-6-10(12)15(11)17/h3-9,13H,2H2,1H3. The molecule has 1 aliphatic heterocycles. The van der Waals surface area contributed by atoms with Crippen molar-refractivity contribution in [3.8, 4) is 0 Å². The molecule has 1 unspecified atom stereocenters. The average Bonchev–Trinajstić information content (AvgIpc) is 2.40. The summed E-state index contributed by atoms with van der Waals surface area (Å²) in [5.74, 6) is 0.0321. The van der Waals surface area contributed by atoms with Gasteiger partial charge < -0.3 is 4.74 Å². The molecule has 3 heteroatoms. The third-order valence-corrected chi connectivity index (χ3v) is 3.07. The summed E-state index contributed by atoms with van der Waals surface area (Å²) in [7, 11) is 0. The molecule has 90 valence electrons. The molecular weight excluding hydrogens is 226 g/mol. The Kier molecular flexibility index (Phi) is 2.68. The summed E-state index contributed by atoms with van der Waals surface area (Å²) in [5, 5.41) is 0. The van der Waals surface area contributed by atoms with E-state index in [1.807, 2.05) is 49.4 Å². The normalized spacial score (nSPS) is 20.9. The monoisotopic (exact) mass is 239 g/mol. The fourth-order valence-corrected chi connectivity index (χ4v) is 2.25. The zero-order chi connectivity index (χ0) is 12.5. The minimum Gasteiger partial charge on any atom is -0.368 e. The van der Waals surface area contributed by atoms with Gasteiger partial charge in [0, 0.05) is 17.7 Å². The number of benzene rings is 1. The zero-order valence-corrected chi connectivity index (χ0v) is 10.1. The van der Waals surface area contributed by atoms with Crippen LogP contribution in [0.3, 0.4) is 0 Å². The van der Waals surface area contributed by atoms with Gasteiger partial charge in [-0.3, -0.25) is 4.79 Å². The maximum absolute atomic E-state index is 12.4. The number of ketones is 1. The largest absolute Gasteiger partial charge is 0.368 e. The fourth-order valence-electron chi connectivity index (χ4n) is 2.25. The number of Topliss-reactive ketones (excluding diaryl/α,β-unsaturated/α-hetero) is 1. The average molecular weight is 239 g/mol. The number of ether oxygens (including phenoxy) is 1. The van der Waals surface area contributed by atoms with Crippen molar-refractivity contribution >= 4 is 17.2 Å². The maximum Gasteiger partial charge on any atom is 0.197 e. The Labute approximate surface area is 105 Å². The van der Waals surface area contributed by atoms with Gasteiger partial charge in [0.1, 0.15) is 6.10 Å². The van der Waals surface area contributed by atoms with E-state index in [1.165, 1.54) is 0 Å². The number of hydrogen-bond acceptors (Lipinski definition) is 3. The first kappa shape index (κ1) is 11.1. The van der Waals surface area contributed by atoms with E-state index in [0.717, 1.165) is 11.4 Å². The van der Waals surface area contributed by atoms with Crippen molar-refractivity contribution in [3.05, 3.63) is 53.6 Å². The summed E-state index contributed by atoms with van der Waals surface area (Å²) in [4.78, 5) is 16.9. The van der Waals surface area contributed by atoms with Gasteiger partial charge in [0.15, 0.2) is 5.78 Å². The van der Waals surface area contributed by atoms with Crippen molar-refractivity contribution in [1.29, 1.82) is 0 Å². The van der Waals surface area contributed by atoms with E-state index >= 15 is 0 Å². The minimum absolute atomic E-state index is 0.0321. The maximum atomic E-state index is 12.4.